The number of carbonyl (C=O) groups is 1. The van der Waals surface area contributed by atoms with Gasteiger partial charge in [0.05, 0.1) is 10.9 Å². The van der Waals surface area contributed by atoms with Crippen LogP contribution in [-0.2, 0) is 19.4 Å². The highest BCUT2D eigenvalue weighted by Gasteiger charge is 2.52. The monoisotopic (exact) mass is 394 g/mol. The standard InChI is InChI=1S/C18H22N2O4S2/c1-13-12-19-16(25-13)14(2)20-17(21)18(8-10-24-11-9-18)26(22,23)15-6-4-3-5-7-15/h3-7,12,14H,8-11H2,1-2H3,(H,20,21). The van der Waals surface area contributed by atoms with Gasteiger partial charge in [0.1, 0.15) is 5.01 Å². The molecule has 8 heteroatoms. The average molecular weight is 395 g/mol. The van der Waals surface area contributed by atoms with Crippen LogP contribution in [0.3, 0.4) is 0 Å². The van der Waals surface area contributed by atoms with E-state index in [4.69, 9.17) is 4.74 Å². The lowest BCUT2D eigenvalue weighted by atomic mass is 9.97. The Balaban J connectivity index is 1.93. The molecule has 1 aliphatic rings. The van der Waals surface area contributed by atoms with Gasteiger partial charge in [-0.2, -0.15) is 0 Å². The number of sulfone groups is 1. The third-order valence-corrected chi connectivity index (χ3v) is 8.25. The van der Waals surface area contributed by atoms with Crippen molar-refractivity contribution in [2.24, 2.45) is 0 Å². The van der Waals surface area contributed by atoms with Crippen molar-refractivity contribution in [3.63, 3.8) is 0 Å². The van der Waals surface area contributed by atoms with Gasteiger partial charge >= 0.3 is 0 Å². The molecular formula is C18H22N2O4S2. The SMILES string of the molecule is Cc1cnc(C(C)NC(=O)C2(S(=O)(=O)c3ccccc3)CCOCC2)s1. The fraction of sp³-hybridized carbons (Fsp3) is 0.444. The number of aryl methyl sites for hydroxylation is 1. The second-order valence-corrected chi connectivity index (χ2v) is 9.95. The molecule has 140 valence electrons. The van der Waals surface area contributed by atoms with E-state index in [9.17, 15) is 13.2 Å². The van der Waals surface area contributed by atoms with Crippen molar-refractivity contribution in [2.45, 2.75) is 42.4 Å². The Morgan fingerprint density at radius 1 is 1.27 bits per heavy atom. The second-order valence-electron chi connectivity index (χ2n) is 6.43. The largest absolute Gasteiger partial charge is 0.381 e. The second kappa shape index (κ2) is 7.46. The quantitative estimate of drug-likeness (QED) is 0.843. The molecule has 1 saturated heterocycles. The van der Waals surface area contributed by atoms with Gasteiger partial charge in [-0.3, -0.25) is 4.79 Å². The van der Waals surface area contributed by atoms with E-state index < -0.39 is 20.5 Å². The van der Waals surface area contributed by atoms with E-state index in [0.29, 0.717) is 0 Å². The zero-order valence-corrected chi connectivity index (χ0v) is 16.4. The normalized spacial score (nSPS) is 18.2. The van der Waals surface area contributed by atoms with Gasteiger partial charge < -0.3 is 10.1 Å². The molecule has 3 rings (SSSR count). The summed E-state index contributed by atoms with van der Waals surface area (Å²) in [5, 5.41) is 3.63. The first kappa shape index (κ1) is 19.0. The fourth-order valence-electron chi connectivity index (χ4n) is 3.11. The van der Waals surface area contributed by atoms with E-state index in [1.165, 1.54) is 23.5 Å². The molecule has 0 spiro atoms. The van der Waals surface area contributed by atoms with Crippen LogP contribution in [0.25, 0.3) is 0 Å². The molecule has 1 aromatic heterocycles. The summed E-state index contributed by atoms with van der Waals surface area (Å²) >= 11 is 1.49. The molecule has 6 nitrogen and oxygen atoms in total. The van der Waals surface area contributed by atoms with Crippen LogP contribution in [0.1, 0.15) is 35.7 Å². The molecule has 1 atom stereocenters. The van der Waals surface area contributed by atoms with Crippen molar-refractivity contribution in [2.75, 3.05) is 13.2 Å². The third-order valence-electron chi connectivity index (χ3n) is 4.64. The summed E-state index contributed by atoms with van der Waals surface area (Å²) in [4.78, 5) is 18.7. The molecule has 26 heavy (non-hydrogen) atoms. The molecule has 0 radical (unpaired) electrons. The molecule has 1 N–H and O–H groups in total. The number of thiazole rings is 1. The van der Waals surface area contributed by atoms with E-state index in [0.717, 1.165) is 9.88 Å². The Morgan fingerprint density at radius 3 is 2.50 bits per heavy atom. The van der Waals surface area contributed by atoms with Crippen LogP contribution in [0.15, 0.2) is 41.4 Å². The number of carbonyl (C=O) groups excluding carboxylic acids is 1. The van der Waals surface area contributed by atoms with Gasteiger partial charge in [0.2, 0.25) is 5.91 Å². The molecule has 2 aromatic rings. The zero-order chi connectivity index (χ0) is 18.8. The van der Waals surface area contributed by atoms with Gasteiger partial charge in [0.15, 0.2) is 14.6 Å². The predicted octanol–water partition coefficient (Wildman–Crippen LogP) is 2.65. The van der Waals surface area contributed by atoms with Crippen molar-refractivity contribution in [3.05, 3.63) is 46.4 Å². The summed E-state index contributed by atoms with van der Waals surface area (Å²) in [5.41, 5.74) is 0. The van der Waals surface area contributed by atoms with Crippen molar-refractivity contribution < 1.29 is 17.9 Å². The van der Waals surface area contributed by atoms with Crippen LogP contribution in [0.4, 0.5) is 0 Å². The molecule has 2 heterocycles. The lowest BCUT2D eigenvalue weighted by Gasteiger charge is -2.35. The van der Waals surface area contributed by atoms with E-state index in [-0.39, 0.29) is 37.0 Å². The number of hydrogen-bond donors (Lipinski definition) is 1. The van der Waals surface area contributed by atoms with Gasteiger partial charge in [0, 0.05) is 24.3 Å². The number of amides is 1. The first-order valence-corrected chi connectivity index (χ1v) is 10.8. The minimum atomic E-state index is -3.85. The third kappa shape index (κ3) is 3.41. The molecule has 0 saturated carbocycles. The number of benzene rings is 1. The summed E-state index contributed by atoms with van der Waals surface area (Å²) in [6.07, 6.45) is 2.02. The highest BCUT2D eigenvalue weighted by atomic mass is 32.2. The smallest absolute Gasteiger partial charge is 0.242 e. The van der Waals surface area contributed by atoms with E-state index in [2.05, 4.69) is 10.3 Å². The van der Waals surface area contributed by atoms with Crippen LogP contribution in [0.5, 0.6) is 0 Å². The van der Waals surface area contributed by atoms with Crippen molar-refractivity contribution in [3.8, 4) is 0 Å². The molecule has 1 fully saturated rings. The Hall–Kier alpha value is -1.77. The summed E-state index contributed by atoms with van der Waals surface area (Å²) in [7, 11) is -3.85. The van der Waals surface area contributed by atoms with E-state index >= 15 is 0 Å². The number of aromatic nitrogens is 1. The van der Waals surface area contributed by atoms with Gasteiger partial charge in [0.25, 0.3) is 0 Å². The van der Waals surface area contributed by atoms with Gasteiger partial charge in [-0.1, -0.05) is 18.2 Å². The number of rotatable bonds is 5. The molecule has 0 aliphatic carbocycles. The summed E-state index contributed by atoms with van der Waals surface area (Å²) in [6.45, 7) is 4.24. The van der Waals surface area contributed by atoms with Crippen LogP contribution < -0.4 is 5.32 Å². The minimum absolute atomic E-state index is 0.139. The molecular weight excluding hydrogens is 372 g/mol. The minimum Gasteiger partial charge on any atom is -0.381 e. The first-order chi connectivity index (χ1) is 12.4. The highest BCUT2D eigenvalue weighted by Crippen LogP contribution is 2.36. The Kier molecular flexibility index (Phi) is 5.45. The zero-order valence-electron chi connectivity index (χ0n) is 14.8. The number of hydrogen-bond acceptors (Lipinski definition) is 6. The summed E-state index contributed by atoms with van der Waals surface area (Å²) in [6, 6.07) is 7.80. The number of nitrogens with zero attached hydrogens (tertiary/aromatic N) is 1. The Labute approximate surface area is 157 Å². The molecule has 1 amide bonds. The number of ether oxygens (including phenoxy) is 1. The van der Waals surface area contributed by atoms with E-state index in [1.54, 1.807) is 24.4 Å². The average Bonchev–Trinajstić information content (AvgIpc) is 3.09. The van der Waals surface area contributed by atoms with E-state index in [1.807, 2.05) is 13.8 Å². The Morgan fingerprint density at radius 2 is 1.92 bits per heavy atom. The lowest BCUT2D eigenvalue weighted by molar-refractivity contribution is -0.126. The van der Waals surface area contributed by atoms with Gasteiger partial charge in [-0.25, -0.2) is 13.4 Å². The van der Waals surface area contributed by atoms with Crippen molar-refractivity contribution >= 4 is 27.1 Å². The highest BCUT2D eigenvalue weighted by molar-refractivity contribution is 7.93. The van der Waals surface area contributed by atoms with Crippen LogP contribution in [-0.4, -0.2) is 37.3 Å². The van der Waals surface area contributed by atoms with Gasteiger partial charge in [-0.15, -0.1) is 11.3 Å². The van der Waals surface area contributed by atoms with Crippen LogP contribution in [0.2, 0.25) is 0 Å². The molecule has 1 aliphatic heterocycles. The van der Waals surface area contributed by atoms with Crippen LogP contribution in [0, 0.1) is 6.92 Å². The first-order valence-electron chi connectivity index (χ1n) is 8.47. The summed E-state index contributed by atoms with van der Waals surface area (Å²) in [5.74, 6) is -0.481. The lowest BCUT2D eigenvalue weighted by Crippen LogP contribution is -2.55. The maximum Gasteiger partial charge on any atom is 0.242 e. The summed E-state index contributed by atoms with van der Waals surface area (Å²) < 4.78 is 30.5. The maximum atomic E-state index is 13.3. The molecule has 0 bridgehead atoms. The predicted molar refractivity (Wildman–Crippen MR) is 99.8 cm³/mol. The van der Waals surface area contributed by atoms with Crippen molar-refractivity contribution in [1.82, 2.24) is 10.3 Å². The van der Waals surface area contributed by atoms with Crippen LogP contribution >= 0.6 is 11.3 Å². The molecule has 1 aromatic carbocycles. The fourth-order valence-corrected chi connectivity index (χ4v) is 5.86. The van der Waals surface area contributed by atoms with Crippen molar-refractivity contribution in [1.29, 1.82) is 0 Å². The number of nitrogens with one attached hydrogen (secondary N) is 1. The maximum absolute atomic E-state index is 13.3. The van der Waals surface area contributed by atoms with Gasteiger partial charge in [-0.05, 0) is 38.8 Å². The topological polar surface area (TPSA) is 85.4 Å². The Bertz CT molecular complexity index is 872. The molecule has 1 unspecified atom stereocenters.